The first kappa shape index (κ1) is 7.91. The second-order valence-corrected chi connectivity index (χ2v) is 3.11. The number of carbonyl (C=O) groups excluding carboxylic acids is 1. The van der Waals surface area contributed by atoms with Gasteiger partial charge in [-0.25, -0.2) is 0 Å². The number of hydrogen-bond acceptors (Lipinski definition) is 3. The zero-order valence-electron chi connectivity index (χ0n) is 7.24. The summed E-state index contributed by atoms with van der Waals surface area (Å²) >= 11 is 0. The van der Waals surface area contributed by atoms with E-state index in [1.54, 1.807) is 23.1 Å². The fourth-order valence-electron chi connectivity index (χ4n) is 1.43. The molecule has 0 saturated carbocycles. The smallest absolute Gasteiger partial charge is 0.243 e. The lowest BCUT2D eigenvalue weighted by Crippen LogP contribution is -2.35. The van der Waals surface area contributed by atoms with Gasteiger partial charge in [0.05, 0.1) is 17.9 Å². The first-order chi connectivity index (χ1) is 6.16. The van der Waals surface area contributed by atoms with E-state index in [2.05, 4.69) is 5.32 Å². The molecule has 0 atom stereocenters. The van der Waals surface area contributed by atoms with Crippen LogP contribution in [0.25, 0.3) is 0 Å². The van der Waals surface area contributed by atoms with Gasteiger partial charge in [-0.15, -0.1) is 0 Å². The SMILES string of the molecule is CN1CC(=O)Nc2ccc(O)cc21. The maximum atomic E-state index is 11.1. The number of phenols is 1. The van der Waals surface area contributed by atoms with Crippen LogP contribution in [-0.4, -0.2) is 24.6 Å². The molecule has 2 N–H and O–H groups in total. The molecule has 1 heterocycles. The first-order valence-corrected chi connectivity index (χ1v) is 4.01. The molecule has 4 nitrogen and oxygen atoms in total. The van der Waals surface area contributed by atoms with Crippen LogP contribution >= 0.6 is 0 Å². The molecule has 0 aromatic heterocycles. The highest BCUT2D eigenvalue weighted by atomic mass is 16.3. The summed E-state index contributed by atoms with van der Waals surface area (Å²) < 4.78 is 0. The van der Waals surface area contributed by atoms with Gasteiger partial charge in [0.2, 0.25) is 5.91 Å². The molecule has 0 spiro atoms. The van der Waals surface area contributed by atoms with E-state index in [4.69, 9.17) is 0 Å². The maximum absolute atomic E-state index is 11.1. The highest BCUT2D eigenvalue weighted by Crippen LogP contribution is 2.31. The number of nitrogens with one attached hydrogen (secondary N) is 1. The molecule has 0 radical (unpaired) electrons. The van der Waals surface area contributed by atoms with Crippen molar-refractivity contribution in [3.63, 3.8) is 0 Å². The third kappa shape index (κ3) is 1.30. The van der Waals surface area contributed by atoms with Crippen molar-refractivity contribution in [2.45, 2.75) is 0 Å². The number of fused-ring (bicyclic) bond motifs is 1. The minimum Gasteiger partial charge on any atom is -0.508 e. The van der Waals surface area contributed by atoms with E-state index in [0.717, 1.165) is 11.4 Å². The van der Waals surface area contributed by atoms with Crippen LogP contribution in [0.15, 0.2) is 18.2 Å². The molecule has 68 valence electrons. The minimum atomic E-state index is -0.0271. The van der Waals surface area contributed by atoms with Gasteiger partial charge in [-0.3, -0.25) is 4.79 Å². The van der Waals surface area contributed by atoms with Gasteiger partial charge >= 0.3 is 0 Å². The molecule has 1 amide bonds. The van der Waals surface area contributed by atoms with Crippen LogP contribution in [0.5, 0.6) is 5.75 Å². The third-order valence-electron chi connectivity index (χ3n) is 2.05. The van der Waals surface area contributed by atoms with Crippen LogP contribution in [0.3, 0.4) is 0 Å². The number of amides is 1. The Labute approximate surface area is 75.8 Å². The molecule has 0 bridgehead atoms. The molecular formula is C9H10N2O2. The summed E-state index contributed by atoms with van der Waals surface area (Å²) in [7, 11) is 1.82. The predicted molar refractivity (Wildman–Crippen MR) is 50.0 cm³/mol. The van der Waals surface area contributed by atoms with Crippen molar-refractivity contribution in [2.24, 2.45) is 0 Å². The number of hydrogen-bond donors (Lipinski definition) is 2. The fourth-order valence-corrected chi connectivity index (χ4v) is 1.43. The van der Waals surface area contributed by atoms with Crippen molar-refractivity contribution >= 4 is 17.3 Å². The molecule has 1 aliphatic heterocycles. The van der Waals surface area contributed by atoms with Gasteiger partial charge in [-0.1, -0.05) is 0 Å². The Bertz CT molecular complexity index is 363. The Kier molecular flexibility index (Phi) is 1.62. The molecule has 4 heteroatoms. The van der Waals surface area contributed by atoms with Gasteiger partial charge in [-0.2, -0.15) is 0 Å². The molecule has 0 aliphatic carbocycles. The number of aromatic hydroxyl groups is 1. The van der Waals surface area contributed by atoms with Crippen LogP contribution < -0.4 is 10.2 Å². The molecule has 0 fully saturated rings. The molecule has 1 aromatic carbocycles. The van der Waals surface area contributed by atoms with Crippen molar-refractivity contribution in [2.75, 3.05) is 23.8 Å². The zero-order chi connectivity index (χ0) is 9.42. The maximum Gasteiger partial charge on any atom is 0.243 e. The summed E-state index contributed by atoms with van der Waals surface area (Å²) in [5.41, 5.74) is 1.59. The standard InChI is InChI=1S/C9H10N2O2/c1-11-5-9(13)10-7-3-2-6(12)4-8(7)11/h2-4,12H,5H2,1H3,(H,10,13). The number of rotatable bonds is 0. The van der Waals surface area contributed by atoms with Gasteiger partial charge in [0.15, 0.2) is 0 Å². The van der Waals surface area contributed by atoms with Crippen molar-refractivity contribution in [3.05, 3.63) is 18.2 Å². The topological polar surface area (TPSA) is 52.6 Å². The van der Waals surface area contributed by atoms with Crippen molar-refractivity contribution in [1.29, 1.82) is 0 Å². The van der Waals surface area contributed by atoms with Gasteiger partial charge < -0.3 is 15.3 Å². The van der Waals surface area contributed by atoms with Gasteiger partial charge in [0, 0.05) is 13.1 Å². The van der Waals surface area contributed by atoms with Crippen LogP contribution in [-0.2, 0) is 4.79 Å². The third-order valence-corrected chi connectivity index (χ3v) is 2.05. The molecule has 1 aromatic rings. The normalized spacial score (nSPS) is 15.2. The Morgan fingerprint density at radius 1 is 1.54 bits per heavy atom. The lowest BCUT2D eigenvalue weighted by molar-refractivity contribution is -0.115. The Morgan fingerprint density at radius 3 is 3.08 bits per heavy atom. The second kappa shape index (κ2) is 2.65. The first-order valence-electron chi connectivity index (χ1n) is 4.01. The average Bonchev–Trinajstić information content (AvgIpc) is 2.06. The average molecular weight is 178 g/mol. The lowest BCUT2D eigenvalue weighted by atomic mass is 10.2. The van der Waals surface area contributed by atoms with Crippen molar-refractivity contribution in [3.8, 4) is 5.75 Å². The molecular weight excluding hydrogens is 168 g/mol. The van der Waals surface area contributed by atoms with E-state index in [-0.39, 0.29) is 11.7 Å². The summed E-state index contributed by atoms with van der Waals surface area (Å²) in [6, 6.07) is 4.88. The van der Waals surface area contributed by atoms with Crippen LogP contribution in [0.2, 0.25) is 0 Å². The van der Waals surface area contributed by atoms with Crippen molar-refractivity contribution in [1.82, 2.24) is 0 Å². The van der Waals surface area contributed by atoms with E-state index < -0.39 is 0 Å². The number of carbonyl (C=O) groups is 1. The van der Waals surface area contributed by atoms with Crippen LogP contribution in [0, 0.1) is 0 Å². The van der Waals surface area contributed by atoms with E-state index >= 15 is 0 Å². The predicted octanol–water partition coefficient (Wildman–Crippen LogP) is 0.780. The molecule has 0 saturated heterocycles. The molecule has 13 heavy (non-hydrogen) atoms. The van der Waals surface area contributed by atoms with E-state index in [1.165, 1.54) is 0 Å². The number of nitrogens with zero attached hydrogens (tertiary/aromatic N) is 1. The van der Waals surface area contributed by atoms with E-state index in [9.17, 15) is 9.90 Å². The Balaban J connectivity index is 2.49. The Morgan fingerprint density at radius 2 is 2.31 bits per heavy atom. The number of benzene rings is 1. The van der Waals surface area contributed by atoms with Gasteiger partial charge in [-0.05, 0) is 12.1 Å². The monoisotopic (exact) mass is 178 g/mol. The second-order valence-electron chi connectivity index (χ2n) is 3.11. The highest BCUT2D eigenvalue weighted by Gasteiger charge is 2.18. The number of likely N-dealkylation sites (N-methyl/N-ethyl adjacent to an activating group) is 1. The van der Waals surface area contributed by atoms with Gasteiger partial charge in [0.25, 0.3) is 0 Å². The lowest BCUT2D eigenvalue weighted by Gasteiger charge is -2.27. The van der Waals surface area contributed by atoms with Crippen LogP contribution in [0.1, 0.15) is 0 Å². The molecule has 1 aliphatic rings. The van der Waals surface area contributed by atoms with Crippen molar-refractivity contribution < 1.29 is 9.90 Å². The van der Waals surface area contributed by atoms with Crippen LogP contribution in [0.4, 0.5) is 11.4 Å². The van der Waals surface area contributed by atoms with E-state index in [1.807, 2.05) is 7.05 Å². The number of anilines is 2. The largest absolute Gasteiger partial charge is 0.508 e. The fraction of sp³-hybridized carbons (Fsp3) is 0.222. The minimum absolute atomic E-state index is 0.0271. The summed E-state index contributed by atoms with van der Waals surface area (Å²) in [6.07, 6.45) is 0. The quantitative estimate of drug-likeness (QED) is 0.577. The van der Waals surface area contributed by atoms with E-state index in [0.29, 0.717) is 6.54 Å². The zero-order valence-corrected chi connectivity index (χ0v) is 7.24. The highest BCUT2D eigenvalue weighted by molar-refractivity contribution is 6.01. The summed E-state index contributed by atoms with van der Waals surface area (Å²) in [5, 5.41) is 12.0. The molecule has 2 rings (SSSR count). The Hall–Kier alpha value is -1.71. The summed E-state index contributed by atoms with van der Waals surface area (Å²) in [4.78, 5) is 12.9. The van der Waals surface area contributed by atoms with Gasteiger partial charge in [0.1, 0.15) is 5.75 Å². The summed E-state index contributed by atoms with van der Waals surface area (Å²) in [6.45, 7) is 0.330. The number of phenolic OH excluding ortho intramolecular Hbond substituents is 1. The molecule has 0 unspecified atom stereocenters. The summed E-state index contributed by atoms with van der Waals surface area (Å²) in [5.74, 6) is 0.183.